The summed E-state index contributed by atoms with van der Waals surface area (Å²) in [5, 5.41) is 4.03. The fraction of sp³-hybridized carbons (Fsp3) is 0.278. The molecule has 5 rings (SSSR count). The Hall–Kier alpha value is -3.85. The second kappa shape index (κ2) is 15.2. The average molecular weight is 679 g/mol. The van der Waals surface area contributed by atoms with Crippen molar-refractivity contribution in [1.82, 2.24) is 10.2 Å². The van der Waals surface area contributed by atoms with Gasteiger partial charge in [-0.1, -0.05) is 103 Å². The molecule has 0 radical (unpaired) electrons. The van der Waals surface area contributed by atoms with Crippen LogP contribution in [-0.2, 0) is 32.6 Å². The molecule has 0 spiro atoms. The van der Waals surface area contributed by atoms with E-state index < -0.39 is 28.5 Å². The van der Waals surface area contributed by atoms with E-state index in [1.165, 1.54) is 17.0 Å². The van der Waals surface area contributed by atoms with Crippen LogP contribution in [-0.4, -0.2) is 43.8 Å². The van der Waals surface area contributed by atoms with Crippen LogP contribution in [0.25, 0.3) is 0 Å². The van der Waals surface area contributed by atoms with E-state index in [1.54, 1.807) is 54.6 Å². The molecule has 1 N–H and O–H groups in total. The van der Waals surface area contributed by atoms with Crippen LogP contribution in [0.5, 0.6) is 0 Å². The van der Waals surface area contributed by atoms with Crippen LogP contribution >= 0.6 is 23.2 Å². The van der Waals surface area contributed by atoms with Crippen molar-refractivity contribution in [2.75, 3.05) is 10.8 Å². The molecule has 0 unspecified atom stereocenters. The summed E-state index contributed by atoms with van der Waals surface area (Å²) in [6.45, 7) is 1.30. The first-order valence-electron chi connectivity index (χ1n) is 15.3. The molecule has 1 aliphatic rings. The molecular weight excluding hydrogens is 641 g/mol. The number of anilines is 1. The molecule has 0 bridgehead atoms. The summed E-state index contributed by atoms with van der Waals surface area (Å²) in [7, 11) is -4.21. The molecule has 46 heavy (non-hydrogen) atoms. The highest BCUT2D eigenvalue weighted by Gasteiger charge is 2.35. The summed E-state index contributed by atoms with van der Waals surface area (Å²) < 4.78 is 29.3. The Morgan fingerprint density at radius 3 is 2.15 bits per heavy atom. The minimum absolute atomic E-state index is 0.0264. The van der Waals surface area contributed by atoms with Gasteiger partial charge >= 0.3 is 0 Å². The lowest BCUT2D eigenvalue weighted by Crippen LogP contribution is -2.54. The molecule has 0 saturated heterocycles. The van der Waals surface area contributed by atoms with Crippen molar-refractivity contribution in [3.8, 4) is 0 Å². The Kier molecular flexibility index (Phi) is 11.0. The zero-order chi connectivity index (χ0) is 32.7. The predicted molar refractivity (Wildman–Crippen MR) is 183 cm³/mol. The van der Waals surface area contributed by atoms with Gasteiger partial charge in [-0.2, -0.15) is 0 Å². The Balaban J connectivity index is 1.57. The third-order valence-electron chi connectivity index (χ3n) is 8.27. The van der Waals surface area contributed by atoms with E-state index in [1.807, 2.05) is 43.3 Å². The van der Waals surface area contributed by atoms with Crippen LogP contribution < -0.4 is 9.62 Å². The van der Waals surface area contributed by atoms with Gasteiger partial charge in [-0.25, -0.2) is 8.42 Å². The first-order valence-corrected chi connectivity index (χ1v) is 17.5. The summed E-state index contributed by atoms with van der Waals surface area (Å²) in [5.74, 6) is -0.819. The molecule has 1 saturated carbocycles. The molecule has 2 amide bonds. The van der Waals surface area contributed by atoms with Crippen molar-refractivity contribution in [1.29, 1.82) is 0 Å². The molecule has 1 fully saturated rings. The summed E-state index contributed by atoms with van der Waals surface area (Å²) in [4.78, 5) is 30.2. The number of hydrogen-bond acceptors (Lipinski definition) is 4. The number of aryl methyl sites for hydroxylation is 1. The van der Waals surface area contributed by atoms with Gasteiger partial charge in [0.05, 0.1) is 10.6 Å². The third-order valence-corrected chi connectivity index (χ3v) is 10.7. The first-order chi connectivity index (χ1) is 22.1. The van der Waals surface area contributed by atoms with Gasteiger partial charge in [0, 0.05) is 29.1 Å². The van der Waals surface area contributed by atoms with Gasteiger partial charge in [-0.05, 0) is 72.9 Å². The number of rotatable bonds is 12. The molecule has 1 atom stereocenters. The number of carbonyl (C=O) groups excluding carboxylic acids is 2. The maximum atomic E-state index is 14.6. The van der Waals surface area contributed by atoms with Crippen LogP contribution in [0.15, 0.2) is 108 Å². The van der Waals surface area contributed by atoms with Crippen LogP contribution in [0.2, 0.25) is 10.0 Å². The van der Waals surface area contributed by atoms with Gasteiger partial charge < -0.3 is 10.2 Å². The lowest BCUT2D eigenvalue weighted by Gasteiger charge is -2.34. The Morgan fingerprint density at radius 1 is 0.848 bits per heavy atom. The largest absolute Gasteiger partial charge is 0.352 e. The van der Waals surface area contributed by atoms with Crippen molar-refractivity contribution in [2.24, 2.45) is 0 Å². The third kappa shape index (κ3) is 8.29. The van der Waals surface area contributed by atoms with E-state index in [0.29, 0.717) is 15.6 Å². The number of halogens is 2. The van der Waals surface area contributed by atoms with Crippen LogP contribution in [0.1, 0.15) is 42.4 Å². The van der Waals surface area contributed by atoms with Crippen LogP contribution in [0.4, 0.5) is 5.69 Å². The van der Waals surface area contributed by atoms with Crippen molar-refractivity contribution in [3.05, 3.63) is 130 Å². The van der Waals surface area contributed by atoms with Gasteiger partial charge in [0.2, 0.25) is 11.8 Å². The summed E-state index contributed by atoms with van der Waals surface area (Å²) >= 11 is 12.8. The standard InChI is InChI=1S/C36H37Cl2N3O4S/c1-26-19-20-31(23-33(26)38)41(46(44,45)32-17-6-3-7-18-32)25-35(42)40(24-28-13-10-14-29(37)21-28)34(22-27-11-4-2-5-12-27)36(43)39-30-15-8-9-16-30/h2-7,10-14,17-21,23,30,34H,8-9,15-16,22,24-25H2,1H3,(H,39,43)/t34-/m0/s1. The molecule has 0 heterocycles. The average Bonchev–Trinajstić information content (AvgIpc) is 3.56. The second-order valence-corrected chi connectivity index (χ2v) is 14.3. The van der Waals surface area contributed by atoms with E-state index in [0.717, 1.165) is 41.1 Å². The molecule has 240 valence electrons. The Morgan fingerprint density at radius 2 is 1.50 bits per heavy atom. The lowest BCUT2D eigenvalue weighted by atomic mass is 10.0. The quantitative estimate of drug-likeness (QED) is 0.172. The maximum absolute atomic E-state index is 14.6. The molecule has 4 aromatic carbocycles. The van der Waals surface area contributed by atoms with Gasteiger partial charge in [-0.15, -0.1) is 0 Å². The van der Waals surface area contributed by atoms with Gasteiger partial charge in [0.15, 0.2) is 0 Å². The highest BCUT2D eigenvalue weighted by molar-refractivity contribution is 7.92. The number of nitrogens with zero attached hydrogens (tertiary/aromatic N) is 2. The molecule has 10 heteroatoms. The number of hydrogen-bond donors (Lipinski definition) is 1. The number of carbonyl (C=O) groups is 2. The zero-order valence-electron chi connectivity index (χ0n) is 25.6. The topological polar surface area (TPSA) is 86.8 Å². The predicted octanol–water partition coefficient (Wildman–Crippen LogP) is 7.20. The van der Waals surface area contributed by atoms with Crippen LogP contribution in [0.3, 0.4) is 0 Å². The van der Waals surface area contributed by atoms with Crippen molar-refractivity contribution >= 4 is 50.7 Å². The van der Waals surface area contributed by atoms with Gasteiger partial charge in [0.1, 0.15) is 12.6 Å². The fourth-order valence-electron chi connectivity index (χ4n) is 5.74. The van der Waals surface area contributed by atoms with Crippen LogP contribution in [0, 0.1) is 6.92 Å². The molecule has 0 aromatic heterocycles. The monoisotopic (exact) mass is 677 g/mol. The molecule has 1 aliphatic carbocycles. The Labute approximate surface area is 281 Å². The lowest BCUT2D eigenvalue weighted by molar-refractivity contribution is -0.140. The van der Waals surface area contributed by atoms with E-state index in [9.17, 15) is 18.0 Å². The fourth-order valence-corrected chi connectivity index (χ4v) is 7.55. The van der Waals surface area contributed by atoms with E-state index in [2.05, 4.69) is 5.32 Å². The van der Waals surface area contributed by atoms with Crippen molar-refractivity contribution in [2.45, 2.75) is 62.6 Å². The summed E-state index contributed by atoms with van der Waals surface area (Å²) in [6.07, 6.45) is 4.07. The van der Waals surface area contributed by atoms with Crippen molar-refractivity contribution < 1.29 is 18.0 Å². The minimum atomic E-state index is -4.21. The minimum Gasteiger partial charge on any atom is -0.352 e. The molecule has 7 nitrogen and oxygen atoms in total. The SMILES string of the molecule is Cc1ccc(N(CC(=O)N(Cc2cccc(Cl)c2)[C@@H](Cc2ccccc2)C(=O)NC2CCCC2)S(=O)(=O)c2ccccc2)cc1Cl. The Bertz CT molecular complexity index is 1760. The first kappa shape index (κ1) is 33.5. The highest BCUT2D eigenvalue weighted by atomic mass is 35.5. The maximum Gasteiger partial charge on any atom is 0.264 e. The summed E-state index contributed by atoms with van der Waals surface area (Å²) in [5.41, 5.74) is 2.59. The number of benzene rings is 4. The zero-order valence-corrected chi connectivity index (χ0v) is 27.9. The number of amides is 2. The van der Waals surface area contributed by atoms with E-state index in [-0.39, 0.29) is 35.5 Å². The van der Waals surface area contributed by atoms with Gasteiger partial charge in [0.25, 0.3) is 10.0 Å². The van der Waals surface area contributed by atoms with Crippen molar-refractivity contribution in [3.63, 3.8) is 0 Å². The number of nitrogens with one attached hydrogen (secondary N) is 1. The van der Waals surface area contributed by atoms with E-state index >= 15 is 0 Å². The second-order valence-electron chi connectivity index (χ2n) is 11.6. The van der Waals surface area contributed by atoms with Gasteiger partial charge in [-0.3, -0.25) is 13.9 Å². The molecule has 4 aromatic rings. The summed E-state index contributed by atoms with van der Waals surface area (Å²) in [6, 6.07) is 28.5. The smallest absolute Gasteiger partial charge is 0.264 e. The molecular formula is C36H37Cl2N3O4S. The highest BCUT2D eigenvalue weighted by Crippen LogP contribution is 2.29. The van der Waals surface area contributed by atoms with E-state index in [4.69, 9.17) is 23.2 Å². The molecule has 0 aliphatic heterocycles. The number of sulfonamides is 1. The normalized spacial score (nSPS) is 14.1.